The summed E-state index contributed by atoms with van der Waals surface area (Å²) < 4.78 is 5.64. The molecular weight excluding hydrogens is 282 g/mol. The minimum atomic E-state index is -0.0571. The first-order valence-electron chi connectivity index (χ1n) is 7.26. The smallest absolute Gasteiger partial charge is 0.224 e. The molecule has 1 aromatic carbocycles. The zero-order valence-electron chi connectivity index (χ0n) is 12.6. The maximum atomic E-state index is 11.6. The molecule has 0 atom stereocenters. The van der Waals surface area contributed by atoms with Gasteiger partial charge in [-0.3, -0.25) is 9.59 Å². The Kier molecular flexibility index (Phi) is 5.37. The summed E-state index contributed by atoms with van der Waals surface area (Å²) in [6.45, 7) is 0.549. The van der Waals surface area contributed by atoms with Gasteiger partial charge in [0.2, 0.25) is 11.8 Å². The van der Waals surface area contributed by atoms with Crippen LogP contribution in [0.5, 0.6) is 5.75 Å². The Hall–Kier alpha value is -2.55. The number of nitriles is 1. The van der Waals surface area contributed by atoms with Crippen molar-refractivity contribution < 1.29 is 14.3 Å². The Labute approximate surface area is 129 Å². The highest BCUT2D eigenvalue weighted by Crippen LogP contribution is 2.26. The van der Waals surface area contributed by atoms with E-state index in [0.717, 1.165) is 23.4 Å². The van der Waals surface area contributed by atoms with Crippen LogP contribution >= 0.6 is 0 Å². The molecule has 1 heterocycles. The number of nitrogens with one attached hydrogen (secondary N) is 1. The highest BCUT2D eigenvalue weighted by atomic mass is 16.5. The molecule has 1 N–H and O–H groups in total. The van der Waals surface area contributed by atoms with Crippen LogP contribution in [0.1, 0.15) is 24.8 Å². The van der Waals surface area contributed by atoms with Crippen molar-refractivity contribution in [3.05, 3.63) is 23.8 Å². The van der Waals surface area contributed by atoms with Gasteiger partial charge in [-0.2, -0.15) is 5.26 Å². The van der Waals surface area contributed by atoms with Gasteiger partial charge in [0.1, 0.15) is 12.3 Å². The molecular formula is C16H19N3O3. The molecule has 0 saturated carbocycles. The number of nitrogens with zero attached hydrogens (tertiary/aromatic N) is 2. The third-order valence-corrected chi connectivity index (χ3v) is 3.51. The monoisotopic (exact) mass is 301 g/mol. The molecule has 0 aromatic heterocycles. The van der Waals surface area contributed by atoms with Gasteiger partial charge < -0.3 is 15.0 Å². The summed E-state index contributed by atoms with van der Waals surface area (Å²) in [5, 5.41) is 11.3. The second-order valence-electron chi connectivity index (χ2n) is 5.23. The summed E-state index contributed by atoms with van der Waals surface area (Å²) in [4.78, 5) is 24.3. The summed E-state index contributed by atoms with van der Waals surface area (Å²) in [5.41, 5.74) is 1.92. The van der Waals surface area contributed by atoms with Crippen molar-refractivity contribution in [1.82, 2.24) is 4.90 Å². The molecule has 0 unspecified atom stereocenters. The first kappa shape index (κ1) is 15.8. The van der Waals surface area contributed by atoms with Gasteiger partial charge in [-0.05, 0) is 36.6 Å². The van der Waals surface area contributed by atoms with Crippen molar-refractivity contribution >= 4 is 17.5 Å². The van der Waals surface area contributed by atoms with E-state index in [-0.39, 0.29) is 18.4 Å². The van der Waals surface area contributed by atoms with E-state index in [1.165, 1.54) is 4.90 Å². The van der Waals surface area contributed by atoms with Gasteiger partial charge in [-0.1, -0.05) is 0 Å². The highest BCUT2D eigenvalue weighted by molar-refractivity contribution is 5.94. The first-order chi connectivity index (χ1) is 10.6. The van der Waals surface area contributed by atoms with Crippen LogP contribution < -0.4 is 10.1 Å². The van der Waals surface area contributed by atoms with Crippen LogP contribution in [-0.4, -0.2) is 36.9 Å². The summed E-state index contributed by atoms with van der Waals surface area (Å²) in [7, 11) is 1.62. The summed E-state index contributed by atoms with van der Waals surface area (Å²) in [6.07, 6.45) is 2.17. The lowest BCUT2D eigenvalue weighted by molar-refractivity contribution is -0.129. The van der Waals surface area contributed by atoms with Crippen LogP contribution in [0.25, 0.3) is 0 Å². The van der Waals surface area contributed by atoms with E-state index >= 15 is 0 Å². The van der Waals surface area contributed by atoms with Gasteiger partial charge >= 0.3 is 0 Å². The number of carbonyl (C=O) groups excluding carboxylic acids is 2. The molecule has 1 aliphatic heterocycles. The Balaban J connectivity index is 1.77. The van der Waals surface area contributed by atoms with Crippen LogP contribution in [0.4, 0.5) is 5.69 Å². The number of aryl methyl sites for hydroxylation is 1. The minimum absolute atomic E-state index is 0.0427. The third-order valence-electron chi connectivity index (χ3n) is 3.51. The van der Waals surface area contributed by atoms with Crippen molar-refractivity contribution in [2.45, 2.75) is 25.7 Å². The van der Waals surface area contributed by atoms with Crippen LogP contribution in [-0.2, 0) is 16.0 Å². The van der Waals surface area contributed by atoms with E-state index in [1.807, 2.05) is 24.3 Å². The lowest BCUT2D eigenvalue weighted by Gasteiger charge is -2.18. The fourth-order valence-corrected chi connectivity index (χ4v) is 2.25. The van der Waals surface area contributed by atoms with E-state index in [2.05, 4.69) is 5.32 Å². The molecule has 22 heavy (non-hydrogen) atoms. The molecule has 0 spiro atoms. The molecule has 2 rings (SSSR count). The number of benzene rings is 1. The van der Waals surface area contributed by atoms with Crippen molar-refractivity contribution in [3.8, 4) is 11.8 Å². The number of hydrogen-bond donors (Lipinski definition) is 1. The second-order valence-corrected chi connectivity index (χ2v) is 5.23. The number of amides is 2. The van der Waals surface area contributed by atoms with Crippen LogP contribution in [0.3, 0.4) is 0 Å². The molecule has 0 saturated heterocycles. The number of hydrogen-bond acceptors (Lipinski definition) is 4. The van der Waals surface area contributed by atoms with Gasteiger partial charge in [-0.15, -0.1) is 0 Å². The number of rotatable bonds is 6. The van der Waals surface area contributed by atoms with Gasteiger partial charge in [0, 0.05) is 25.6 Å². The zero-order chi connectivity index (χ0) is 15.9. The Morgan fingerprint density at radius 1 is 1.45 bits per heavy atom. The van der Waals surface area contributed by atoms with E-state index in [4.69, 9.17) is 10.00 Å². The summed E-state index contributed by atoms with van der Waals surface area (Å²) in [6, 6.07) is 7.52. The van der Waals surface area contributed by atoms with Crippen molar-refractivity contribution in [2.75, 3.05) is 25.5 Å². The fraction of sp³-hybridized carbons (Fsp3) is 0.438. The largest absolute Gasteiger partial charge is 0.494 e. The minimum Gasteiger partial charge on any atom is -0.494 e. The van der Waals surface area contributed by atoms with Gasteiger partial charge in [-0.25, -0.2) is 0 Å². The zero-order valence-corrected chi connectivity index (χ0v) is 12.6. The molecule has 0 bridgehead atoms. The average Bonchev–Trinajstić information content (AvgIpc) is 2.51. The van der Waals surface area contributed by atoms with Crippen LogP contribution in [0.2, 0.25) is 0 Å². The number of carbonyl (C=O) groups is 2. The Bertz CT molecular complexity index is 607. The molecule has 0 fully saturated rings. The lowest BCUT2D eigenvalue weighted by Crippen LogP contribution is -2.27. The Morgan fingerprint density at radius 3 is 3.05 bits per heavy atom. The third kappa shape index (κ3) is 4.22. The lowest BCUT2D eigenvalue weighted by atomic mass is 10.0. The molecule has 1 aliphatic rings. The molecule has 6 nitrogen and oxygen atoms in total. The number of fused-ring (bicyclic) bond motifs is 1. The summed E-state index contributed by atoms with van der Waals surface area (Å²) in [5.74, 6) is 0.729. The highest BCUT2D eigenvalue weighted by Gasteiger charge is 2.15. The maximum Gasteiger partial charge on any atom is 0.224 e. The van der Waals surface area contributed by atoms with Crippen molar-refractivity contribution in [1.29, 1.82) is 5.26 Å². The molecule has 116 valence electrons. The topological polar surface area (TPSA) is 82.4 Å². The Morgan fingerprint density at radius 2 is 2.27 bits per heavy atom. The van der Waals surface area contributed by atoms with Gasteiger partial charge in [0.25, 0.3) is 0 Å². The van der Waals surface area contributed by atoms with E-state index in [0.29, 0.717) is 25.9 Å². The second kappa shape index (κ2) is 7.46. The maximum absolute atomic E-state index is 11.6. The molecule has 1 aromatic rings. The number of ether oxygens (including phenoxy) is 1. The summed E-state index contributed by atoms with van der Waals surface area (Å²) >= 11 is 0. The number of anilines is 1. The molecule has 2 amide bonds. The average molecular weight is 301 g/mol. The van der Waals surface area contributed by atoms with Gasteiger partial charge in [0.15, 0.2) is 0 Å². The quantitative estimate of drug-likeness (QED) is 0.640. The van der Waals surface area contributed by atoms with Crippen molar-refractivity contribution in [3.63, 3.8) is 0 Å². The fourth-order valence-electron chi connectivity index (χ4n) is 2.25. The normalized spacial score (nSPS) is 12.8. The standard InChI is InChI=1S/C16H19N3O3/c1-19(9-8-17)16(21)3-2-10-22-13-5-6-14-12(11-13)4-7-15(20)18-14/h5-6,11H,2-4,7,9-10H2,1H3,(H,18,20). The van der Waals surface area contributed by atoms with Crippen molar-refractivity contribution in [2.24, 2.45) is 0 Å². The van der Waals surface area contributed by atoms with Gasteiger partial charge in [0.05, 0.1) is 12.7 Å². The predicted octanol–water partition coefficient (Wildman–Crippen LogP) is 1.71. The molecule has 0 radical (unpaired) electrons. The van der Waals surface area contributed by atoms with E-state index in [1.54, 1.807) is 7.05 Å². The van der Waals surface area contributed by atoms with E-state index in [9.17, 15) is 9.59 Å². The van der Waals surface area contributed by atoms with Crippen LogP contribution in [0.15, 0.2) is 18.2 Å². The van der Waals surface area contributed by atoms with Crippen LogP contribution in [0, 0.1) is 11.3 Å². The molecule has 6 heteroatoms. The molecule has 0 aliphatic carbocycles. The van der Waals surface area contributed by atoms with E-state index < -0.39 is 0 Å². The predicted molar refractivity (Wildman–Crippen MR) is 81.4 cm³/mol. The first-order valence-corrected chi connectivity index (χ1v) is 7.26. The SMILES string of the molecule is CN(CC#N)C(=O)CCCOc1ccc2c(c1)CCC(=O)N2.